The molecule has 4 nitrogen and oxygen atoms in total. The summed E-state index contributed by atoms with van der Waals surface area (Å²) in [7, 11) is 0. The number of nitrogens with zero attached hydrogens (tertiary/aromatic N) is 2. The molecule has 2 aliphatic rings. The number of ether oxygens (including phenoxy) is 2. The molecule has 0 N–H and O–H groups in total. The molecule has 5 aromatic carbocycles. The third kappa shape index (κ3) is 3.93. The first-order chi connectivity index (χ1) is 22.3. The summed E-state index contributed by atoms with van der Waals surface area (Å²) in [6.45, 7) is 0. The maximum Gasteiger partial charge on any atom is 0.132 e. The molecule has 0 aliphatic carbocycles. The van der Waals surface area contributed by atoms with Crippen LogP contribution in [0.2, 0.25) is 0 Å². The van der Waals surface area contributed by atoms with Gasteiger partial charge < -0.3 is 9.47 Å². The molecule has 45 heavy (non-hydrogen) atoms. The molecule has 212 valence electrons. The molecular weight excluding hydrogens is 552 g/mol. The lowest BCUT2D eigenvalue weighted by molar-refractivity contribution is 0.399. The summed E-state index contributed by atoms with van der Waals surface area (Å²) in [4.78, 5) is 8.92. The SMILES string of the molecule is c1ccc(-c2ccc3c(c2)Oc2ccccc2C32c3ccccc3Oc3cc(-c4cccc(-c5cccnc5)c4)ccc32)nc1. The molecule has 0 radical (unpaired) electrons. The molecule has 4 heteroatoms. The van der Waals surface area contributed by atoms with Crippen molar-refractivity contribution in [3.05, 3.63) is 180 Å². The van der Waals surface area contributed by atoms with E-state index < -0.39 is 5.41 Å². The highest BCUT2D eigenvalue weighted by Gasteiger charge is 2.50. The largest absolute Gasteiger partial charge is 0.457 e. The predicted octanol–water partition coefficient (Wildman–Crippen LogP) is 10.1. The Labute approximate surface area is 261 Å². The highest BCUT2D eigenvalue weighted by Crippen LogP contribution is 2.61. The van der Waals surface area contributed by atoms with Crippen molar-refractivity contribution < 1.29 is 9.47 Å². The molecule has 0 amide bonds. The first kappa shape index (κ1) is 25.5. The molecule has 4 heterocycles. The van der Waals surface area contributed by atoms with E-state index in [0.29, 0.717) is 0 Å². The van der Waals surface area contributed by atoms with Gasteiger partial charge in [0.25, 0.3) is 0 Å². The van der Waals surface area contributed by atoms with Gasteiger partial charge in [0.1, 0.15) is 23.0 Å². The minimum atomic E-state index is -0.646. The second kappa shape index (κ2) is 10.0. The van der Waals surface area contributed by atoms with Gasteiger partial charge in [0, 0.05) is 52.0 Å². The van der Waals surface area contributed by atoms with Gasteiger partial charge in [-0.25, -0.2) is 0 Å². The van der Waals surface area contributed by atoms with Crippen molar-refractivity contribution in [1.29, 1.82) is 0 Å². The van der Waals surface area contributed by atoms with Gasteiger partial charge in [0.2, 0.25) is 0 Å². The Bertz CT molecular complexity index is 2220. The first-order valence-corrected chi connectivity index (χ1v) is 15.0. The van der Waals surface area contributed by atoms with Crippen LogP contribution in [0, 0.1) is 0 Å². The Morgan fingerprint density at radius 3 is 1.64 bits per heavy atom. The van der Waals surface area contributed by atoms with Crippen LogP contribution in [0.25, 0.3) is 33.5 Å². The minimum Gasteiger partial charge on any atom is -0.457 e. The van der Waals surface area contributed by atoms with Gasteiger partial charge in [0.15, 0.2) is 0 Å². The van der Waals surface area contributed by atoms with Crippen molar-refractivity contribution in [3.8, 4) is 56.5 Å². The Hall–Kier alpha value is -6.00. The lowest BCUT2D eigenvalue weighted by Crippen LogP contribution is -2.36. The van der Waals surface area contributed by atoms with E-state index in [1.165, 1.54) is 0 Å². The second-order valence-electron chi connectivity index (χ2n) is 11.4. The lowest BCUT2D eigenvalue weighted by atomic mass is 9.62. The number of fused-ring (bicyclic) bond motifs is 8. The van der Waals surface area contributed by atoms with Crippen molar-refractivity contribution in [2.45, 2.75) is 5.41 Å². The van der Waals surface area contributed by atoms with E-state index in [-0.39, 0.29) is 0 Å². The Morgan fingerprint density at radius 1 is 0.400 bits per heavy atom. The number of benzene rings is 5. The molecular formula is C41H26N2O2. The molecule has 1 atom stereocenters. The fraction of sp³-hybridized carbons (Fsp3) is 0.0244. The van der Waals surface area contributed by atoms with Crippen LogP contribution >= 0.6 is 0 Å². The van der Waals surface area contributed by atoms with Crippen molar-refractivity contribution in [2.75, 3.05) is 0 Å². The van der Waals surface area contributed by atoms with Crippen molar-refractivity contribution in [3.63, 3.8) is 0 Å². The standard InChI is InChI=1S/C41H26N2O2/c1-3-15-37-32(12-1)41(33-13-2-4-16-38(33)45-40-25-30(18-20-35(40)41)36-14-5-6-22-43-36)34-19-17-29(24-39(34)44-37)27-9-7-10-28(23-27)31-11-8-21-42-26-31/h1-26H. The molecule has 0 saturated carbocycles. The highest BCUT2D eigenvalue weighted by atomic mass is 16.5. The molecule has 0 saturated heterocycles. The van der Waals surface area contributed by atoms with Crippen molar-refractivity contribution >= 4 is 0 Å². The molecule has 1 spiro atoms. The molecule has 1 unspecified atom stereocenters. The topological polar surface area (TPSA) is 44.2 Å². The van der Waals surface area contributed by atoms with Crippen LogP contribution in [0.3, 0.4) is 0 Å². The fourth-order valence-electron chi connectivity index (χ4n) is 6.96. The van der Waals surface area contributed by atoms with Gasteiger partial charge in [-0.1, -0.05) is 91.0 Å². The number of hydrogen-bond acceptors (Lipinski definition) is 4. The number of para-hydroxylation sites is 2. The summed E-state index contributed by atoms with van der Waals surface area (Å²) in [5, 5.41) is 0. The van der Waals surface area contributed by atoms with E-state index in [0.717, 1.165) is 78.8 Å². The smallest absolute Gasteiger partial charge is 0.132 e. The highest BCUT2D eigenvalue weighted by molar-refractivity contribution is 5.80. The van der Waals surface area contributed by atoms with Gasteiger partial charge in [-0.05, 0) is 65.2 Å². The van der Waals surface area contributed by atoms with Gasteiger partial charge in [-0.15, -0.1) is 0 Å². The average Bonchev–Trinajstić information content (AvgIpc) is 3.12. The van der Waals surface area contributed by atoms with Crippen LogP contribution in [0.4, 0.5) is 0 Å². The van der Waals surface area contributed by atoms with Crippen LogP contribution < -0.4 is 9.47 Å². The molecule has 2 aromatic heterocycles. The Kier molecular flexibility index (Phi) is 5.69. The number of pyridine rings is 2. The zero-order chi connectivity index (χ0) is 29.8. The quantitative estimate of drug-likeness (QED) is 0.209. The van der Waals surface area contributed by atoms with Crippen LogP contribution in [-0.4, -0.2) is 9.97 Å². The molecule has 9 rings (SSSR count). The molecule has 0 bridgehead atoms. The fourth-order valence-corrected chi connectivity index (χ4v) is 6.96. The van der Waals surface area contributed by atoms with E-state index in [1.54, 1.807) is 6.20 Å². The predicted molar refractivity (Wildman–Crippen MR) is 177 cm³/mol. The zero-order valence-electron chi connectivity index (χ0n) is 24.2. The Morgan fingerprint density at radius 2 is 0.978 bits per heavy atom. The summed E-state index contributed by atoms with van der Waals surface area (Å²) in [6.07, 6.45) is 5.52. The number of aromatic nitrogens is 2. The second-order valence-corrected chi connectivity index (χ2v) is 11.4. The molecule has 0 fully saturated rings. The van der Waals surface area contributed by atoms with Crippen LogP contribution in [-0.2, 0) is 5.41 Å². The van der Waals surface area contributed by atoms with Gasteiger partial charge in [0.05, 0.1) is 11.1 Å². The summed E-state index contributed by atoms with van der Waals surface area (Å²) in [5.41, 5.74) is 10.0. The van der Waals surface area contributed by atoms with Gasteiger partial charge >= 0.3 is 0 Å². The van der Waals surface area contributed by atoms with E-state index in [9.17, 15) is 0 Å². The molecule has 7 aromatic rings. The summed E-state index contributed by atoms with van der Waals surface area (Å²) in [6, 6.07) is 48.4. The molecule has 2 aliphatic heterocycles. The lowest BCUT2D eigenvalue weighted by Gasteiger charge is -2.45. The van der Waals surface area contributed by atoms with E-state index in [1.807, 2.05) is 48.8 Å². The van der Waals surface area contributed by atoms with Gasteiger partial charge in [-0.3, -0.25) is 9.97 Å². The first-order valence-electron chi connectivity index (χ1n) is 15.0. The zero-order valence-corrected chi connectivity index (χ0v) is 24.2. The van der Waals surface area contributed by atoms with Crippen LogP contribution in [0.1, 0.15) is 22.3 Å². The maximum absolute atomic E-state index is 6.74. The van der Waals surface area contributed by atoms with E-state index in [2.05, 4.69) is 113 Å². The van der Waals surface area contributed by atoms with Crippen molar-refractivity contribution in [1.82, 2.24) is 9.97 Å². The summed E-state index contributed by atoms with van der Waals surface area (Å²) < 4.78 is 13.4. The normalized spacial score (nSPS) is 15.6. The third-order valence-corrected chi connectivity index (χ3v) is 8.94. The number of hydrogen-bond donors (Lipinski definition) is 0. The Balaban J connectivity index is 1.28. The summed E-state index contributed by atoms with van der Waals surface area (Å²) in [5.74, 6) is 3.31. The van der Waals surface area contributed by atoms with Crippen LogP contribution in [0.15, 0.2) is 158 Å². The minimum absolute atomic E-state index is 0.646. The third-order valence-electron chi connectivity index (χ3n) is 8.94. The van der Waals surface area contributed by atoms with Crippen LogP contribution in [0.5, 0.6) is 23.0 Å². The monoisotopic (exact) mass is 578 g/mol. The number of rotatable bonds is 3. The van der Waals surface area contributed by atoms with Gasteiger partial charge in [-0.2, -0.15) is 0 Å². The van der Waals surface area contributed by atoms with Crippen molar-refractivity contribution in [2.24, 2.45) is 0 Å². The average molecular weight is 579 g/mol. The summed E-state index contributed by atoms with van der Waals surface area (Å²) >= 11 is 0. The van der Waals surface area contributed by atoms with E-state index in [4.69, 9.17) is 9.47 Å². The van der Waals surface area contributed by atoms with E-state index >= 15 is 0 Å². The maximum atomic E-state index is 6.74.